The molecule has 1 fully saturated rings. The highest BCUT2D eigenvalue weighted by atomic mass is 16.4. The van der Waals surface area contributed by atoms with E-state index in [1.165, 1.54) is 6.26 Å². The van der Waals surface area contributed by atoms with Crippen LogP contribution >= 0.6 is 0 Å². The molecule has 2 aliphatic rings. The first-order chi connectivity index (χ1) is 13.4. The Morgan fingerprint density at radius 3 is 2.82 bits per heavy atom. The summed E-state index contributed by atoms with van der Waals surface area (Å²) in [4.78, 5) is 40.2. The minimum atomic E-state index is -0.954. The monoisotopic (exact) mass is 382 g/mol. The molecule has 1 unspecified atom stereocenters. The summed E-state index contributed by atoms with van der Waals surface area (Å²) in [6.45, 7) is 2.55. The molecule has 0 saturated carbocycles. The van der Waals surface area contributed by atoms with Crippen LogP contribution in [-0.2, 0) is 22.6 Å². The number of carbonyl (C=O) groups is 3. The Labute approximate surface area is 162 Å². The van der Waals surface area contributed by atoms with Gasteiger partial charge in [0.05, 0.1) is 24.6 Å². The number of anilines is 1. The van der Waals surface area contributed by atoms with Gasteiger partial charge in [-0.25, -0.2) is 0 Å². The van der Waals surface area contributed by atoms with E-state index in [2.05, 4.69) is 0 Å². The van der Waals surface area contributed by atoms with Crippen LogP contribution in [0.4, 0.5) is 5.69 Å². The lowest BCUT2D eigenvalue weighted by Crippen LogP contribution is -2.48. The second-order valence-corrected chi connectivity index (χ2v) is 7.76. The average Bonchev–Trinajstić information content (AvgIpc) is 3.26. The predicted molar refractivity (Wildman–Crippen MR) is 101 cm³/mol. The number of carboxylic acid groups (broad SMARTS) is 1. The fourth-order valence-electron chi connectivity index (χ4n) is 4.04. The van der Waals surface area contributed by atoms with Crippen LogP contribution in [0.3, 0.4) is 0 Å². The van der Waals surface area contributed by atoms with Gasteiger partial charge in [0.2, 0.25) is 5.91 Å². The van der Waals surface area contributed by atoms with E-state index in [0.717, 1.165) is 11.3 Å². The van der Waals surface area contributed by atoms with Crippen molar-refractivity contribution < 1.29 is 23.9 Å². The number of carbonyl (C=O) groups excluding carboxylic acids is 2. The zero-order valence-electron chi connectivity index (χ0n) is 15.7. The predicted octanol–water partition coefficient (Wildman–Crippen LogP) is 2.70. The van der Waals surface area contributed by atoms with Crippen LogP contribution in [0.2, 0.25) is 0 Å². The first-order valence-electron chi connectivity index (χ1n) is 9.36. The molecule has 1 N–H and O–H groups in total. The number of piperidine rings is 1. The summed E-state index contributed by atoms with van der Waals surface area (Å²) in [7, 11) is 0. The molecule has 0 radical (unpaired) electrons. The first-order valence-corrected chi connectivity index (χ1v) is 9.36. The number of likely N-dealkylation sites (tertiary alicyclic amines) is 1. The van der Waals surface area contributed by atoms with Gasteiger partial charge in [-0.3, -0.25) is 14.4 Å². The molecule has 7 nitrogen and oxygen atoms in total. The third-order valence-corrected chi connectivity index (χ3v) is 5.69. The summed E-state index contributed by atoms with van der Waals surface area (Å²) < 4.78 is 5.47. The van der Waals surface area contributed by atoms with Crippen LogP contribution < -0.4 is 4.90 Å². The molecular formula is C21H22N2O5. The molecule has 28 heavy (non-hydrogen) atoms. The number of rotatable bonds is 4. The maximum Gasteiger partial charge on any atom is 0.311 e. The Morgan fingerprint density at radius 1 is 1.25 bits per heavy atom. The van der Waals surface area contributed by atoms with E-state index in [0.29, 0.717) is 31.4 Å². The van der Waals surface area contributed by atoms with Crippen molar-refractivity contribution in [2.75, 3.05) is 18.0 Å². The zero-order chi connectivity index (χ0) is 19.9. The Kier molecular flexibility index (Phi) is 4.45. The van der Waals surface area contributed by atoms with Crippen molar-refractivity contribution in [2.45, 2.75) is 32.7 Å². The lowest BCUT2D eigenvalue weighted by molar-refractivity contribution is -0.150. The zero-order valence-corrected chi connectivity index (χ0v) is 15.7. The van der Waals surface area contributed by atoms with Crippen molar-refractivity contribution in [3.63, 3.8) is 0 Å². The number of para-hydroxylation sites is 1. The molecule has 2 aliphatic heterocycles. The minimum Gasteiger partial charge on any atom is -0.481 e. The van der Waals surface area contributed by atoms with Gasteiger partial charge < -0.3 is 19.3 Å². The molecule has 1 atom stereocenters. The SMILES string of the molecule is CC1(C(=O)O)CCCN(C(=O)c2occc2CN2C(=O)Cc3ccccc32)C1. The summed E-state index contributed by atoms with van der Waals surface area (Å²) in [5.74, 6) is -1.07. The van der Waals surface area contributed by atoms with Gasteiger partial charge in [0.1, 0.15) is 0 Å². The number of amides is 2. The fourth-order valence-corrected chi connectivity index (χ4v) is 4.04. The van der Waals surface area contributed by atoms with E-state index in [9.17, 15) is 19.5 Å². The summed E-state index contributed by atoms with van der Waals surface area (Å²) in [6, 6.07) is 9.30. The topological polar surface area (TPSA) is 91.1 Å². The van der Waals surface area contributed by atoms with Crippen molar-refractivity contribution in [3.05, 3.63) is 53.5 Å². The van der Waals surface area contributed by atoms with E-state index in [-0.39, 0.29) is 30.7 Å². The molecule has 7 heteroatoms. The van der Waals surface area contributed by atoms with Gasteiger partial charge in [0.15, 0.2) is 5.76 Å². The molecular weight excluding hydrogens is 360 g/mol. The summed E-state index contributed by atoms with van der Waals surface area (Å²) in [5, 5.41) is 9.49. The number of benzene rings is 1. The molecule has 1 saturated heterocycles. The van der Waals surface area contributed by atoms with Gasteiger partial charge >= 0.3 is 5.97 Å². The van der Waals surface area contributed by atoms with Crippen molar-refractivity contribution in [1.29, 1.82) is 0 Å². The second kappa shape index (κ2) is 6.82. The minimum absolute atomic E-state index is 0.0165. The van der Waals surface area contributed by atoms with Gasteiger partial charge in [0.25, 0.3) is 5.91 Å². The van der Waals surface area contributed by atoms with E-state index in [4.69, 9.17) is 4.42 Å². The molecule has 4 rings (SSSR count). The maximum absolute atomic E-state index is 13.0. The summed E-state index contributed by atoms with van der Waals surface area (Å²) in [6.07, 6.45) is 2.95. The number of aliphatic carboxylic acids is 1. The van der Waals surface area contributed by atoms with Crippen LogP contribution in [0.5, 0.6) is 0 Å². The van der Waals surface area contributed by atoms with Crippen molar-refractivity contribution in [3.8, 4) is 0 Å². The highest BCUT2D eigenvalue weighted by Gasteiger charge is 2.40. The quantitative estimate of drug-likeness (QED) is 0.878. The van der Waals surface area contributed by atoms with Crippen LogP contribution in [0.25, 0.3) is 0 Å². The lowest BCUT2D eigenvalue weighted by Gasteiger charge is -2.37. The number of hydrogen-bond acceptors (Lipinski definition) is 4. The van der Waals surface area contributed by atoms with Crippen molar-refractivity contribution >= 4 is 23.5 Å². The number of fused-ring (bicyclic) bond motifs is 1. The van der Waals surface area contributed by atoms with Crippen LogP contribution in [0.1, 0.15) is 41.4 Å². The molecule has 1 aromatic heterocycles. The summed E-state index contributed by atoms with van der Waals surface area (Å²) >= 11 is 0. The molecule has 0 bridgehead atoms. The third-order valence-electron chi connectivity index (χ3n) is 5.69. The Bertz CT molecular complexity index is 950. The highest BCUT2D eigenvalue weighted by molar-refractivity contribution is 6.01. The molecule has 0 aliphatic carbocycles. The standard InChI is InChI=1S/C21H22N2O5/c1-21(20(26)27)8-4-9-22(13-21)19(25)18-15(7-10-28-18)12-23-16-6-3-2-5-14(16)11-17(23)24/h2-3,5-7,10H,4,8-9,11-13H2,1H3,(H,26,27). The Balaban J connectivity index is 1.56. The largest absolute Gasteiger partial charge is 0.481 e. The fraction of sp³-hybridized carbons (Fsp3) is 0.381. The van der Waals surface area contributed by atoms with Crippen molar-refractivity contribution in [1.82, 2.24) is 4.90 Å². The molecule has 2 aromatic rings. The number of carboxylic acids is 1. The second-order valence-electron chi connectivity index (χ2n) is 7.76. The number of furan rings is 1. The highest BCUT2D eigenvalue weighted by Crippen LogP contribution is 2.33. The van der Waals surface area contributed by atoms with Gasteiger partial charge in [-0.2, -0.15) is 0 Å². The van der Waals surface area contributed by atoms with Crippen LogP contribution in [0, 0.1) is 5.41 Å². The van der Waals surface area contributed by atoms with Crippen LogP contribution in [0.15, 0.2) is 41.0 Å². The Morgan fingerprint density at radius 2 is 2.04 bits per heavy atom. The average molecular weight is 382 g/mol. The van der Waals surface area contributed by atoms with Gasteiger partial charge in [-0.1, -0.05) is 18.2 Å². The van der Waals surface area contributed by atoms with E-state index in [1.54, 1.807) is 22.8 Å². The molecule has 0 spiro atoms. The normalized spacial score (nSPS) is 21.7. The van der Waals surface area contributed by atoms with Crippen molar-refractivity contribution in [2.24, 2.45) is 5.41 Å². The smallest absolute Gasteiger partial charge is 0.311 e. The van der Waals surface area contributed by atoms with Gasteiger partial charge in [0, 0.05) is 24.3 Å². The van der Waals surface area contributed by atoms with E-state index < -0.39 is 11.4 Å². The number of nitrogens with zero attached hydrogens (tertiary/aromatic N) is 2. The van der Waals surface area contributed by atoms with Crippen LogP contribution in [-0.4, -0.2) is 40.9 Å². The lowest BCUT2D eigenvalue weighted by atomic mass is 9.82. The van der Waals surface area contributed by atoms with Gasteiger partial charge in [-0.05, 0) is 37.5 Å². The molecule has 3 heterocycles. The first kappa shape index (κ1) is 18.3. The Hall–Kier alpha value is -3.09. The van der Waals surface area contributed by atoms with Gasteiger partial charge in [-0.15, -0.1) is 0 Å². The molecule has 1 aromatic carbocycles. The van der Waals surface area contributed by atoms with E-state index in [1.807, 2.05) is 24.3 Å². The third kappa shape index (κ3) is 3.06. The molecule has 2 amide bonds. The maximum atomic E-state index is 13.0. The summed E-state index contributed by atoms with van der Waals surface area (Å²) in [5.41, 5.74) is 1.49. The molecule has 146 valence electrons. The van der Waals surface area contributed by atoms with E-state index >= 15 is 0 Å². The number of hydrogen-bond donors (Lipinski definition) is 1.